The van der Waals surface area contributed by atoms with Gasteiger partial charge in [-0.2, -0.15) is 0 Å². The molecule has 2 N–H and O–H groups in total. The predicted octanol–water partition coefficient (Wildman–Crippen LogP) is 5.92. The van der Waals surface area contributed by atoms with Gasteiger partial charge in [0.1, 0.15) is 17.7 Å². The van der Waals surface area contributed by atoms with Crippen LogP contribution in [0.4, 0.5) is 4.79 Å². The van der Waals surface area contributed by atoms with Crippen LogP contribution in [-0.2, 0) is 20.7 Å². The molecule has 208 valence electrons. The van der Waals surface area contributed by atoms with Crippen LogP contribution in [0.2, 0.25) is 0 Å². The van der Waals surface area contributed by atoms with Crippen molar-refractivity contribution in [1.29, 1.82) is 0 Å². The van der Waals surface area contributed by atoms with E-state index < -0.39 is 23.8 Å². The highest BCUT2D eigenvalue weighted by molar-refractivity contribution is 5.92. The Morgan fingerprint density at radius 3 is 2.08 bits per heavy atom. The van der Waals surface area contributed by atoms with E-state index in [1.54, 1.807) is 25.7 Å². The molecule has 7 heteroatoms. The molecule has 0 spiro atoms. The fourth-order valence-corrected chi connectivity index (χ4v) is 4.81. The third-order valence-corrected chi connectivity index (χ3v) is 7.11. The van der Waals surface area contributed by atoms with Gasteiger partial charge in [0.05, 0.1) is 0 Å². The number of hydrogen-bond acceptors (Lipinski definition) is 4. The van der Waals surface area contributed by atoms with E-state index in [0.717, 1.165) is 37.7 Å². The zero-order valence-corrected chi connectivity index (χ0v) is 24.2. The fourth-order valence-electron chi connectivity index (χ4n) is 4.81. The van der Waals surface area contributed by atoms with E-state index in [1.807, 2.05) is 52.0 Å². The molecule has 0 radical (unpaired) electrons. The Kier molecular flexibility index (Phi) is 11.5. The van der Waals surface area contributed by atoms with Crippen LogP contribution in [0.25, 0.3) is 0 Å². The van der Waals surface area contributed by atoms with Gasteiger partial charge >= 0.3 is 6.09 Å². The van der Waals surface area contributed by atoms with Crippen molar-refractivity contribution in [2.45, 2.75) is 130 Å². The van der Waals surface area contributed by atoms with Crippen molar-refractivity contribution in [2.24, 2.45) is 5.92 Å². The van der Waals surface area contributed by atoms with Crippen molar-refractivity contribution in [3.8, 4) is 0 Å². The molecule has 0 aromatic heterocycles. The molecule has 3 unspecified atom stereocenters. The molecule has 2 rings (SSSR count). The number of alkyl carbamates (subject to hydrolysis) is 1. The Labute approximate surface area is 224 Å². The van der Waals surface area contributed by atoms with Gasteiger partial charge in [-0.1, -0.05) is 71.2 Å². The Balaban J connectivity index is 2.48. The van der Waals surface area contributed by atoms with Crippen molar-refractivity contribution in [2.75, 3.05) is 0 Å². The summed E-state index contributed by atoms with van der Waals surface area (Å²) in [6.45, 7) is 15.2. The maximum Gasteiger partial charge on any atom is 0.408 e. The van der Waals surface area contributed by atoms with Gasteiger partial charge in [-0.15, -0.1) is 0 Å². The molecule has 1 fully saturated rings. The largest absolute Gasteiger partial charge is 0.444 e. The van der Waals surface area contributed by atoms with Crippen LogP contribution in [-0.4, -0.2) is 46.5 Å². The lowest BCUT2D eigenvalue weighted by atomic mass is 9.93. The molecular formula is C30H49N3O4. The van der Waals surface area contributed by atoms with E-state index in [9.17, 15) is 14.4 Å². The van der Waals surface area contributed by atoms with Gasteiger partial charge in [0.2, 0.25) is 11.8 Å². The van der Waals surface area contributed by atoms with Crippen LogP contribution >= 0.6 is 0 Å². The zero-order valence-electron chi connectivity index (χ0n) is 24.2. The zero-order chi connectivity index (χ0) is 27.8. The molecule has 1 aliphatic carbocycles. The maximum absolute atomic E-state index is 14.2. The molecule has 0 bridgehead atoms. The van der Waals surface area contributed by atoms with E-state index in [4.69, 9.17) is 4.74 Å². The van der Waals surface area contributed by atoms with Crippen LogP contribution in [0.15, 0.2) is 24.3 Å². The molecule has 1 aliphatic rings. The van der Waals surface area contributed by atoms with Crippen LogP contribution < -0.4 is 10.6 Å². The first-order chi connectivity index (χ1) is 17.4. The van der Waals surface area contributed by atoms with Crippen molar-refractivity contribution < 1.29 is 19.1 Å². The third kappa shape index (κ3) is 9.04. The van der Waals surface area contributed by atoms with Gasteiger partial charge in [0, 0.05) is 12.1 Å². The van der Waals surface area contributed by atoms with Crippen molar-refractivity contribution >= 4 is 17.9 Å². The van der Waals surface area contributed by atoms with E-state index in [1.165, 1.54) is 12.0 Å². The lowest BCUT2D eigenvalue weighted by Gasteiger charge is -2.39. The maximum atomic E-state index is 14.2. The topological polar surface area (TPSA) is 87.7 Å². The summed E-state index contributed by atoms with van der Waals surface area (Å²) in [5, 5.41) is 6.05. The summed E-state index contributed by atoms with van der Waals surface area (Å²) < 4.78 is 5.45. The number of benzene rings is 1. The number of amides is 3. The molecule has 0 saturated heterocycles. The second-order valence-corrected chi connectivity index (χ2v) is 11.7. The quantitative estimate of drug-likeness (QED) is 0.405. The minimum atomic E-state index is -0.830. The summed E-state index contributed by atoms with van der Waals surface area (Å²) in [5.41, 5.74) is 1.26. The van der Waals surface area contributed by atoms with Crippen molar-refractivity contribution in [3.63, 3.8) is 0 Å². The summed E-state index contributed by atoms with van der Waals surface area (Å²) >= 11 is 0. The number of hydrogen-bond donors (Lipinski definition) is 2. The van der Waals surface area contributed by atoms with E-state index >= 15 is 0 Å². The number of carbonyl (C=O) groups is 3. The molecule has 1 aromatic carbocycles. The number of aryl methyl sites for hydroxylation is 1. The molecule has 3 amide bonds. The highest BCUT2D eigenvalue weighted by atomic mass is 16.6. The van der Waals surface area contributed by atoms with Crippen molar-refractivity contribution in [3.05, 3.63) is 35.4 Å². The second-order valence-electron chi connectivity index (χ2n) is 11.7. The van der Waals surface area contributed by atoms with E-state index in [-0.39, 0.29) is 29.8 Å². The smallest absolute Gasteiger partial charge is 0.408 e. The number of ether oxygens (including phenoxy) is 1. The van der Waals surface area contributed by atoms with Gasteiger partial charge in [-0.05, 0) is 70.4 Å². The molecule has 1 aromatic rings. The van der Waals surface area contributed by atoms with Crippen LogP contribution in [0.1, 0.15) is 111 Å². The predicted molar refractivity (Wildman–Crippen MR) is 148 cm³/mol. The molecule has 3 atom stereocenters. The second kappa shape index (κ2) is 13.8. The first kappa shape index (κ1) is 30.7. The molecule has 0 heterocycles. The molecule has 1 saturated carbocycles. The molecule has 0 aliphatic heterocycles. The van der Waals surface area contributed by atoms with Gasteiger partial charge in [-0.25, -0.2) is 4.79 Å². The van der Waals surface area contributed by atoms with E-state index in [2.05, 4.69) is 17.6 Å². The number of carbonyl (C=O) groups excluding carboxylic acids is 3. The molecular weight excluding hydrogens is 466 g/mol. The Morgan fingerprint density at radius 1 is 1.00 bits per heavy atom. The Hall–Kier alpha value is -2.57. The minimum absolute atomic E-state index is 0.119. The lowest BCUT2D eigenvalue weighted by Crippen LogP contribution is -2.57. The number of rotatable bonds is 10. The average Bonchev–Trinajstić information content (AvgIpc) is 2.84. The number of nitrogens with zero attached hydrogens (tertiary/aromatic N) is 1. The Morgan fingerprint density at radius 2 is 1.59 bits per heavy atom. The third-order valence-electron chi connectivity index (χ3n) is 7.11. The normalized spacial score (nSPS) is 17.0. The van der Waals surface area contributed by atoms with E-state index in [0.29, 0.717) is 6.42 Å². The van der Waals surface area contributed by atoms with Gasteiger partial charge < -0.3 is 20.3 Å². The summed E-state index contributed by atoms with van der Waals surface area (Å²) in [6.07, 6.45) is 6.23. The Bertz CT molecular complexity index is 885. The summed E-state index contributed by atoms with van der Waals surface area (Å²) in [4.78, 5) is 42.5. The van der Waals surface area contributed by atoms with Crippen LogP contribution in [0.3, 0.4) is 0 Å². The van der Waals surface area contributed by atoms with Gasteiger partial charge in [0.15, 0.2) is 0 Å². The van der Waals surface area contributed by atoms with Crippen LogP contribution in [0.5, 0.6) is 0 Å². The standard InChI is InChI=1S/C30H49N3O4/c1-9-21(5)33(28(35)25(20(3)4)32-29(36)37-30(6,7)8)26(23-18-16-22(10-2)17-19-23)27(34)31-24-14-12-11-13-15-24/h16-21,24-26H,9-15H2,1-8H3,(H,31,34)(H,32,36). The monoisotopic (exact) mass is 515 g/mol. The highest BCUT2D eigenvalue weighted by Crippen LogP contribution is 2.29. The van der Waals surface area contributed by atoms with Gasteiger partial charge in [0.25, 0.3) is 0 Å². The molecule has 7 nitrogen and oxygen atoms in total. The summed E-state index contributed by atoms with van der Waals surface area (Å²) in [5.74, 6) is -0.640. The molecule has 37 heavy (non-hydrogen) atoms. The average molecular weight is 516 g/mol. The van der Waals surface area contributed by atoms with Crippen molar-refractivity contribution in [1.82, 2.24) is 15.5 Å². The summed E-state index contributed by atoms with van der Waals surface area (Å²) in [7, 11) is 0. The highest BCUT2D eigenvalue weighted by Gasteiger charge is 2.40. The number of nitrogens with one attached hydrogen (secondary N) is 2. The SMILES string of the molecule is CCc1ccc(C(C(=O)NC2CCCCC2)N(C(=O)C(NC(=O)OC(C)(C)C)C(C)C)C(C)CC)cc1. The fraction of sp³-hybridized carbons (Fsp3) is 0.700. The first-order valence-electron chi connectivity index (χ1n) is 14.1. The summed E-state index contributed by atoms with van der Waals surface area (Å²) in [6, 6.07) is 6.23. The first-order valence-corrected chi connectivity index (χ1v) is 14.1. The van der Waals surface area contributed by atoms with Gasteiger partial charge in [-0.3, -0.25) is 9.59 Å². The lowest BCUT2D eigenvalue weighted by molar-refractivity contribution is -0.146. The van der Waals surface area contributed by atoms with Crippen LogP contribution in [0, 0.1) is 5.92 Å². The minimum Gasteiger partial charge on any atom is -0.444 e.